The van der Waals surface area contributed by atoms with Crippen LogP contribution in [-0.2, 0) is 6.42 Å². The summed E-state index contributed by atoms with van der Waals surface area (Å²) in [6.07, 6.45) is 4.30. The summed E-state index contributed by atoms with van der Waals surface area (Å²) < 4.78 is 0. The maximum absolute atomic E-state index is 6.22. The van der Waals surface area contributed by atoms with Crippen molar-refractivity contribution >= 4 is 11.6 Å². The first kappa shape index (κ1) is 13.5. The van der Waals surface area contributed by atoms with E-state index in [0.717, 1.165) is 30.7 Å². The lowest BCUT2D eigenvalue weighted by Gasteiger charge is -2.10. The minimum absolute atomic E-state index is 0.338. The van der Waals surface area contributed by atoms with Gasteiger partial charge in [-0.25, -0.2) is 0 Å². The van der Waals surface area contributed by atoms with Crippen LogP contribution in [0.15, 0.2) is 12.1 Å². The number of halogens is 1. The Hall–Kier alpha value is -0.530. The molecule has 90 valence electrons. The second-order valence-corrected chi connectivity index (χ2v) is 5.00. The fourth-order valence-electron chi connectivity index (χ4n) is 1.79. The van der Waals surface area contributed by atoms with Gasteiger partial charge in [0.15, 0.2) is 0 Å². The van der Waals surface area contributed by atoms with E-state index in [1.807, 2.05) is 0 Å². The van der Waals surface area contributed by atoms with Gasteiger partial charge in [0.05, 0.1) is 0 Å². The van der Waals surface area contributed by atoms with Gasteiger partial charge in [0, 0.05) is 11.1 Å². The second-order valence-electron chi connectivity index (χ2n) is 4.59. The number of benzene rings is 1. The van der Waals surface area contributed by atoms with Crippen LogP contribution in [0.2, 0.25) is 5.02 Å². The summed E-state index contributed by atoms with van der Waals surface area (Å²) in [6, 6.07) is 4.60. The van der Waals surface area contributed by atoms with Crippen LogP contribution < -0.4 is 5.73 Å². The van der Waals surface area contributed by atoms with Gasteiger partial charge >= 0.3 is 0 Å². The monoisotopic (exact) mass is 239 g/mol. The van der Waals surface area contributed by atoms with Gasteiger partial charge in [-0.3, -0.25) is 0 Å². The zero-order valence-corrected chi connectivity index (χ0v) is 11.3. The van der Waals surface area contributed by atoms with Crippen LogP contribution in [-0.4, -0.2) is 6.04 Å². The van der Waals surface area contributed by atoms with Crippen molar-refractivity contribution in [3.8, 4) is 0 Å². The first-order valence-corrected chi connectivity index (χ1v) is 6.43. The van der Waals surface area contributed by atoms with Crippen LogP contribution in [0.4, 0.5) is 0 Å². The first-order chi connectivity index (χ1) is 7.54. The molecule has 0 spiro atoms. The van der Waals surface area contributed by atoms with Crippen molar-refractivity contribution in [2.45, 2.75) is 52.5 Å². The molecule has 1 rings (SSSR count). The highest BCUT2D eigenvalue weighted by molar-refractivity contribution is 6.31. The lowest BCUT2D eigenvalue weighted by molar-refractivity contribution is 0.568. The summed E-state index contributed by atoms with van der Waals surface area (Å²) in [6.45, 7) is 6.36. The normalized spacial score (nSPS) is 12.8. The van der Waals surface area contributed by atoms with Crippen LogP contribution in [0.5, 0.6) is 0 Å². The molecular weight excluding hydrogens is 218 g/mol. The molecule has 0 saturated heterocycles. The molecule has 0 aliphatic carbocycles. The predicted octanol–water partition coefficient (Wildman–Crippen LogP) is 4.02. The average Bonchev–Trinajstić information content (AvgIpc) is 2.25. The highest BCUT2D eigenvalue weighted by Crippen LogP contribution is 2.22. The van der Waals surface area contributed by atoms with Gasteiger partial charge in [-0.05, 0) is 62.3 Å². The Morgan fingerprint density at radius 3 is 2.50 bits per heavy atom. The Morgan fingerprint density at radius 1 is 1.25 bits per heavy atom. The lowest BCUT2D eigenvalue weighted by atomic mass is 10.0. The molecule has 0 bridgehead atoms. The number of rotatable bonds is 5. The number of hydrogen-bond acceptors (Lipinski definition) is 1. The molecule has 2 heteroatoms. The van der Waals surface area contributed by atoms with E-state index in [0.29, 0.717) is 6.04 Å². The van der Waals surface area contributed by atoms with Gasteiger partial charge in [-0.15, -0.1) is 0 Å². The van der Waals surface area contributed by atoms with Crippen LogP contribution in [0, 0.1) is 13.8 Å². The summed E-state index contributed by atoms with van der Waals surface area (Å²) in [4.78, 5) is 0. The van der Waals surface area contributed by atoms with Crippen LogP contribution >= 0.6 is 11.6 Å². The molecule has 2 N–H and O–H groups in total. The molecule has 1 unspecified atom stereocenters. The van der Waals surface area contributed by atoms with E-state index in [4.69, 9.17) is 17.3 Å². The summed E-state index contributed by atoms with van der Waals surface area (Å²) in [5, 5.41) is 0.896. The van der Waals surface area contributed by atoms with Gasteiger partial charge in [0.2, 0.25) is 0 Å². The number of aryl methyl sites for hydroxylation is 3. The standard InChI is InChI=1S/C14H22ClN/c1-4-13(16)7-5-6-12-8-10(2)11(3)9-14(12)15/h8-9,13H,4-7,16H2,1-3H3. The minimum Gasteiger partial charge on any atom is -0.328 e. The maximum Gasteiger partial charge on any atom is 0.0440 e. The molecule has 1 aromatic carbocycles. The zero-order valence-electron chi connectivity index (χ0n) is 10.5. The topological polar surface area (TPSA) is 26.0 Å². The Bertz CT molecular complexity index is 347. The molecule has 0 aromatic heterocycles. The van der Waals surface area contributed by atoms with Crippen LogP contribution in [0.25, 0.3) is 0 Å². The average molecular weight is 240 g/mol. The largest absolute Gasteiger partial charge is 0.328 e. The van der Waals surface area contributed by atoms with E-state index in [1.165, 1.54) is 16.7 Å². The zero-order chi connectivity index (χ0) is 12.1. The van der Waals surface area contributed by atoms with Gasteiger partial charge < -0.3 is 5.73 Å². The summed E-state index contributed by atoms with van der Waals surface area (Å²) >= 11 is 6.22. The summed E-state index contributed by atoms with van der Waals surface area (Å²) in [7, 11) is 0. The fourth-order valence-corrected chi connectivity index (χ4v) is 2.10. The van der Waals surface area contributed by atoms with Crippen molar-refractivity contribution in [3.05, 3.63) is 33.8 Å². The van der Waals surface area contributed by atoms with Gasteiger partial charge in [0.1, 0.15) is 0 Å². The third-order valence-electron chi connectivity index (χ3n) is 3.21. The summed E-state index contributed by atoms with van der Waals surface area (Å²) in [5.74, 6) is 0. The molecule has 0 radical (unpaired) electrons. The van der Waals surface area contributed by atoms with E-state index in [2.05, 4.69) is 32.9 Å². The van der Waals surface area contributed by atoms with E-state index in [-0.39, 0.29) is 0 Å². The molecule has 0 aliphatic heterocycles. The molecule has 1 nitrogen and oxygen atoms in total. The third-order valence-corrected chi connectivity index (χ3v) is 3.56. The van der Waals surface area contributed by atoms with Crippen LogP contribution in [0.3, 0.4) is 0 Å². The van der Waals surface area contributed by atoms with Crippen molar-refractivity contribution in [3.63, 3.8) is 0 Å². The fraction of sp³-hybridized carbons (Fsp3) is 0.571. The molecule has 1 aromatic rings. The SMILES string of the molecule is CCC(N)CCCc1cc(C)c(C)cc1Cl. The molecule has 0 aliphatic rings. The van der Waals surface area contributed by atoms with Gasteiger partial charge in [0.25, 0.3) is 0 Å². The molecule has 0 saturated carbocycles. The van der Waals surface area contributed by atoms with E-state index < -0.39 is 0 Å². The quantitative estimate of drug-likeness (QED) is 0.825. The predicted molar refractivity (Wildman–Crippen MR) is 72.1 cm³/mol. The lowest BCUT2D eigenvalue weighted by Crippen LogP contribution is -2.18. The first-order valence-electron chi connectivity index (χ1n) is 6.05. The Kier molecular flexibility index (Phi) is 5.30. The van der Waals surface area contributed by atoms with E-state index in [9.17, 15) is 0 Å². The molecule has 0 amide bonds. The van der Waals surface area contributed by atoms with Crippen molar-refractivity contribution in [2.24, 2.45) is 5.73 Å². The Labute approximate surface area is 104 Å². The van der Waals surface area contributed by atoms with E-state index in [1.54, 1.807) is 0 Å². The minimum atomic E-state index is 0.338. The van der Waals surface area contributed by atoms with Gasteiger partial charge in [-0.2, -0.15) is 0 Å². The molecule has 16 heavy (non-hydrogen) atoms. The highest BCUT2D eigenvalue weighted by atomic mass is 35.5. The second kappa shape index (κ2) is 6.27. The van der Waals surface area contributed by atoms with Crippen molar-refractivity contribution < 1.29 is 0 Å². The molecule has 0 fully saturated rings. The Morgan fingerprint density at radius 2 is 1.88 bits per heavy atom. The Balaban J connectivity index is 2.57. The highest BCUT2D eigenvalue weighted by Gasteiger charge is 2.05. The van der Waals surface area contributed by atoms with E-state index >= 15 is 0 Å². The molecular formula is C14H22ClN. The summed E-state index contributed by atoms with van der Waals surface area (Å²) in [5.41, 5.74) is 9.74. The third kappa shape index (κ3) is 3.80. The number of nitrogens with two attached hydrogens (primary N) is 1. The van der Waals surface area contributed by atoms with Crippen LogP contribution in [0.1, 0.15) is 42.9 Å². The van der Waals surface area contributed by atoms with Gasteiger partial charge in [-0.1, -0.05) is 24.6 Å². The molecule has 0 heterocycles. The molecule has 1 atom stereocenters. The van der Waals surface area contributed by atoms with Crippen molar-refractivity contribution in [2.75, 3.05) is 0 Å². The number of hydrogen-bond donors (Lipinski definition) is 1. The van der Waals surface area contributed by atoms with Crippen molar-refractivity contribution in [1.29, 1.82) is 0 Å². The maximum atomic E-state index is 6.22. The van der Waals surface area contributed by atoms with Crippen molar-refractivity contribution in [1.82, 2.24) is 0 Å². The smallest absolute Gasteiger partial charge is 0.0440 e.